The van der Waals surface area contributed by atoms with Crippen molar-refractivity contribution in [1.82, 2.24) is 10.2 Å². The van der Waals surface area contributed by atoms with Crippen molar-refractivity contribution < 1.29 is 5.11 Å². The first kappa shape index (κ1) is 14.9. The molecule has 92 valence electrons. The van der Waals surface area contributed by atoms with Gasteiger partial charge in [0.25, 0.3) is 0 Å². The van der Waals surface area contributed by atoms with Crippen LogP contribution in [0.15, 0.2) is 0 Å². The molecule has 2 N–H and O–H groups in total. The molecule has 0 radical (unpaired) electrons. The largest absolute Gasteiger partial charge is 0.395 e. The number of likely N-dealkylation sites (N-methyl/N-ethyl adjacent to an activating group) is 1. The maximum Gasteiger partial charge on any atom is 0.0558 e. The van der Waals surface area contributed by atoms with Gasteiger partial charge in [-0.25, -0.2) is 0 Å². The highest BCUT2D eigenvalue weighted by Gasteiger charge is 2.24. The minimum absolute atomic E-state index is 0.260. The fraction of sp³-hybridized carbons (Fsp3) is 1.00. The summed E-state index contributed by atoms with van der Waals surface area (Å²) in [5, 5.41) is 12.2. The highest BCUT2D eigenvalue weighted by molar-refractivity contribution is 4.79. The monoisotopic (exact) mass is 216 g/mol. The zero-order valence-electron chi connectivity index (χ0n) is 10.8. The van der Waals surface area contributed by atoms with Gasteiger partial charge in [0.05, 0.1) is 6.61 Å². The van der Waals surface area contributed by atoms with Gasteiger partial charge in [0.2, 0.25) is 0 Å². The summed E-state index contributed by atoms with van der Waals surface area (Å²) in [6, 6.07) is 0. The molecule has 15 heavy (non-hydrogen) atoms. The number of nitrogens with zero attached hydrogens (tertiary/aromatic N) is 1. The van der Waals surface area contributed by atoms with Crippen molar-refractivity contribution in [3.05, 3.63) is 0 Å². The van der Waals surface area contributed by atoms with Crippen LogP contribution in [0.3, 0.4) is 0 Å². The zero-order chi connectivity index (χ0) is 11.7. The Morgan fingerprint density at radius 3 is 2.40 bits per heavy atom. The molecule has 0 rings (SSSR count). The SMILES string of the molecule is CCCC(C)(CNC)CN(CC)CCO. The molecule has 0 heterocycles. The van der Waals surface area contributed by atoms with Crippen LogP contribution in [0, 0.1) is 5.41 Å². The molecule has 0 fully saturated rings. The van der Waals surface area contributed by atoms with Crippen molar-refractivity contribution in [2.24, 2.45) is 5.41 Å². The Hall–Kier alpha value is -0.120. The Morgan fingerprint density at radius 2 is 2.00 bits per heavy atom. The van der Waals surface area contributed by atoms with Crippen molar-refractivity contribution in [2.75, 3.05) is 39.8 Å². The molecule has 0 aliphatic rings. The lowest BCUT2D eigenvalue weighted by Gasteiger charge is -2.34. The lowest BCUT2D eigenvalue weighted by molar-refractivity contribution is 0.131. The summed E-state index contributed by atoms with van der Waals surface area (Å²) >= 11 is 0. The summed E-state index contributed by atoms with van der Waals surface area (Å²) in [4.78, 5) is 2.33. The maximum atomic E-state index is 8.97. The molecular formula is C12H28N2O. The molecule has 0 aromatic rings. The molecule has 0 aliphatic carbocycles. The normalized spacial score (nSPS) is 15.6. The first-order valence-corrected chi connectivity index (χ1v) is 6.09. The topological polar surface area (TPSA) is 35.5 Å². The van der Waals surface area contributed by atoms with Gasteiger partial charge in [-0.05, 0) is 25.4 Å². The summed E-state index contributed by atoms with van der Waals surface area (Å²) in [5.74, 6) is 0. The van der Waals surface area contributed by atoms with Crippen molar-refractivity contribution in [1.29, 1.82) is 0 Å². The van der Waals surface area contributed by atoms with Crippen LogP contribution in [-0.4, -0.2) is 49.8 Å². The number of nitrogens with one attached hydrogen (secondary N) is 1. The zero-order valence-corrected chi connectivity index (χ0v) is 10.8. The van der Waals surface area contributed by atoms with Crippen molar-refractivity contribution in [2.45, 2.75) is 33.6 Å². The van der Waals surface area contributed by atoms with Gasteiger partial charge in [-0.1, -0.05) is 27.2 Å². The molecule has 0 aliphatic heterocycles. The van der Waals surface area contributed by atoms with Gasteiger partial charge in [0.1, 0.15) is 0 Å². The molecule has 0 amide bonds. The van der Waals surface area contributed by atoms with Gasteiger partial charge in [-0.2, -0.15) is 0 Å². The van der Waals surface area contributed by atoms with Gasteiger partial charge in [0, 0.05) is 19.6 Å². The molecule has 0 saturated heterocycles. The first-order valence-electron chi connectivity index (χ1n) is 6.09. The van der Waals surface area contributed by atoms with Gasteiger partial charge >= 0.3 is 0 Å². The highest BCUT2D eigenvalue weighted by atomic mass is 16.3. The number of hydrogen-bond donors (Lipinski definition) is 2. The molecule has 0 aromatic carbocycles. The van der Waals surface area contributed by atoms with E-state index in [1.807, 2.05) is 7.05 Å². The highest BCUT2D eigenvalue weighted by Crippen LogP contribution is 2.23. The molecule has 3 nitrogen and oxygen atoms in total. The van der Waals surface area contributed by atoms with E-state index in [9.17, 15) is 0 Å². The maximum absolute atomic E-state index is 8.97. The van der Waals surface area contributed by atoms with E-state index in [4.69, 9.17) is 5.11 Å². The van der Waals surface area contributed by atoms with E-state index in [0.717, 1.165) is 26.2 Å². The van der Waals surface area contributed by atoms with Crippen LogP contribution in [0.1, 0.15) is 33.6 Å². The molecule has 0 saturated carbocycles. The quantitative estimate of drug-likeness (QED) is 0.610. The summed E-state index contributed by atoms with van der Waals surface area (Å²) in [6.07, 6.45) is 2.45. The van der Waals surface area contributed by atoms with Crippen molar-refractivity contribution in [3.63, 3.8) is 0 Å². The summed E-state index contributed by atoms with van der Waals surface area (Å²) in [7, 11) is 2.01. The number of aliphatic hydroxyl groups is 1. The first-order chi connectivity index (χ1) is 7.11. The van der Waals surface area contributed by atoms with Gasteiger partial charge in [0.15, 0.2) is 0 Å². The lowest BCUT2D eigenvalue weighted by Crippen LogP contribution is -2.42. The van der Waals surface area contributed by atoms with Crippen LogP contribution in [0.5, 0.6) is 0 Å². The van der Waals surface area contributed by atoms with Crippen LogP contribution in [-0.2, 0) is 0 Å². The third-order valence-corrected chi connectivity index (χ3v) is 2.93. The number of hydrogen-bond acceptors (Lipinski definition) is 3. The Morgan fingerprint density at radius 1 is 1.33 bits per heavy atom. The number of aliphatic hydroxyl groups excluding tert-OH is 1. The average molecular weight is 216 g/mol. The molecule has 0 aromatic heterocycles. The predicted molar refractivity (Wildman–Crippen MR) is 66.1 cm³/mol. The minimum Gasteiger partial charge on any atom is -0.395 e. The Bertz CT molecular complexity index is 145. The minimum atomic E-state index is 0.260. The van der Waals surface area contributed by atoms with Crippen LogP contribution in [0.25, 0.3) is 0 Å². The number of rotatable bonds is 9. The van der Waals surface area contributed by atoms with E-state index >= 15 is 0 Å². The molecule has 3 heteroatoms. The fourth-order valence-corrected chi connectivity index (χ4v) is 2.28. The predicted octanol–water partition coefficient (Wildman–Crippen LogP) is 1.33. The smallest absolute Gasteiger partial charge is 0.0558 e. The fourth-order valence-electron chi connectivity index (χ4n) is 2.28. The Balaban J connectivity index is 4.22. The van der Waals surface area contributed by atoms with E-state index in [-0.39, 0.29) is 6.61 Å². The van der Waals surface area contributed by atoms with Crippen LogP contribution in [0.4, 0.5) is 0 Å². The lowest BCUT2D eigenvalue weighted by atomic mass is 9.85. The van der Waals surface area contributed by atoms with Crippen LogP contribution < -0.4 is 5.32 Å². The molecular weight excluding hydrogens is 188 g/mol. The average Bonchev–Trinajstić information content (AvgIpc) is 2.17. The van der Waals surface area contributed by atoms with E-state index in [0.29, 0.717) is 5.41 Å². The van der Waals surface area contributed by atoms with Crippen LogP contribution >= 0.6 is 0 Å². The molecule has 1 unspecified atom stereocenters. The van der Waals surface area contributed by atoms with Gasteiger partial charge < -0.3 is 15.3 Å². The van der Waals surface area contributed by atoms with Gasteiger partial charge in [-0.15, -0.1) is 0 Å². The van der Waals surface area contributed by atoms with E-state index in [1.54, 1.807) is 0 Å². The second-order valence-electron chi connectivity index (χ2n) is 4.68. The second-order valence-corrected chi connectivity index (χ2v) is 4.68. The summed E-state index contributed by atoms with van der Waals surface area (Å²) in [6.45, 7) is 10.9. The Kier molecular flexibility index (Phi) is 8.02. The van der Waals surface area contributed by atoms with E-state index in [2.05, 4.69) is 31.0 Å². The standard InChI is InChI=1S/C12H28N2O/c1-5-7-12(3,10-13-4)11-14(6-2)8-9-15/h13,15H,5-11H2,1-4H3. The summed E-state index contributed by atoms with van der Waals surface area (Å²) < 4.78 is 0. The second kappa shape index (κ2) is 8.08. The third kappa shape index (κ3) is 6.13. The van der Waals surface area contributed by atoms with Gasteiger partial charge in [-0.3, -0.25) is 0 Å². The van der Waals surface area contributed by atoms with E-state index < -0.39 is 0 Å². The Labute approximate surface area is 94.9 Å². The van der Waals surface area contributed by atoms with Crippen LogP contribution in [0.2, 0.25) is 0 Å². The third-order valence-electron chi connectivity index (χ3n) is 2.93. The molecule has 0 spiro atoms. The van der Waals surface area contributed by atoms with E-state index in [1.165, 1.54) is 12.8 Å². The molecule has 1 atom stereocenters. The summed E-state index contributed by atoms with van der Waals surface area (Å²) in [5.41, 5.74) is 0.328. The van der Waals surface area contributed by atoms with Crippen molar-refractivity contribution in [3.8, 4) is 0 Å². The van der Waals surface area contributed by atoms with Crippen molar-refractivity contribution >= 4 is 0 Å². The molecule has 0 bridgehead atoms.